The SMILES string of the molecule is Cc1cc(OCC(=O)NNC(=O)[C@@H]2[C@@H]3CC[C@@H](C3)[C@@H]2C(=O)O)cc(C)c1Cl. The van der Waals surface area contributed by atoms with E-state index < -0.39 is 29.6 Å². The van der Waals surface area contributed by atoms with Gasteiger partial charge in [-0.05, 0) is 68.2 Å². The number of ether oxygens (including phenoxy) is 1. The summed E-state index contributed by atoms with van der Waals surface area (Å²) in [5.74, 6) is -2.53. The smallest absolute Gasteiger partial charge is 0.307 e. The van der Waals surface area contributed by atoms with Gasteiger partial charge in [-0.1, -0.05) is 11.6 Å². The van der Waals surface area contributed by atoms with E-state index in [1.54, 1.807) is 12.1 Å². The number of carboxylic acid groups (broad SMARTS) is 1. The lowest BCUT2D eigenvalue weighted by molar-refractivity contribution is -0.150. The third-order valence-corrected chi connectivity index (χ3v) is 6.21. The van der Waals surface area contributed by atoms with Crippen molar-refractivity contribution in [3.63, 3.8) is 0 Å². The Hall–Kier alpha value is -2.28. The van der Waals surface area contributed by atoms with E-state index in [-0.39, 0.29) is 18.4 Å². The Balaban J connectivity index is 1.50. The zero-order valence-electron chi connectivity index (χ0n) is 15.3. The molecule has 0 unspecified atom stereocenters. The van der Waals surface area contributed by atoms with Crippen molar-refractivity contribution in [3.8, 4) is 5.75 Å². The highest BCUT2D eigenvalue weighted by Crippen LogP contribution is 2.52. The number of carbonyl (C=O) groups is 3. The van der Waals surface area contributed by atoms with Crippen molar-refractivity contribution in [3.05, 3.63) is 28.3 Å². The normalized spacial score (nSPS) is 25.9. The Labute approximate surface area is 162 Å². The minimum Gasteiger partial charge on any atom is -0.484 e. The first-order valence-corrected chi connectivity index (χ1v) is 9.36. The molecule has 1 aromatic carbocycles. The van der Waals surface area contributed by atoms with Crippen LogP contribution in [0.1, 0.15) is 30.4 Å². The molecule has 2 amide bonds. The molecule has 0 spiro atoms. The molecule has 0 radical (unpaired) electrons. The molecular formula is C19H23ClN2O5. The van der Waals surface area contributed by atoms with Crippen LogP contribution in [0.25, 0.3) is 0 Å². The van der Waals surface area contributed by atoms with Crippen molar-refractivity contribution in [2.75, 3.05) is 6.61 Å². The average Bonchev–Trinajstić information content (AvgIpc) is 3.23. The maximum Gasteiger partial charge on any atom is 0.307 e. The molecule has 3 N–H and O–H groups in total. The Morgan fingerprint density at radius 1 is 1.11 bits per heavy atom. The molecule has 8 heteroatoms. The van der Waals surface area contributed by atoms with Gasteiger partial charge in [0.15, 0.2) is 6.61 Å². The summed E-state index contributed by atoms with van der Waals surface area (Å²) in [6.45, 7) is 3.41. The van der Waals surface area contributed by atoms with Gasteiger partial charge in [-0.25, -0.2) is 0 Å². The van der Waals surface area contributed by atoms with Crippen molar-refractivity contribution in [2.24, 2.45) is 23.7 Å². The predicted molar refractivity (Wildman–Crippen MR) is 98.2 cm³/mol. The summed E-state index contributed by atoms with van der Waals surface area (Å²) in [6, 6.07) is 3.46. The summed E-state index contributed by atoms with van der Waals surface area (Å²) in [5.41, 5.74) is 6.35. The van der Waals surface area contributed by atoms with E-state index >= 15 is 0 Å². The number of carboxylic acids is 1. The van der Waals surface area contributed by atoms with Gasteiger partial charge < -0.3 is 9.84 Å². The Bertz CT molecular complexity index is 758. The monoisotopic (exact) mass is 394 g/mol. The van der Waals surface area contributed by atoms with E-state index in [0.29, 0.717) is 10.8 Å². The van der Waals surface area contributed by atoms with E-state index in [0.717, 1.165) is 30.4 Å². The van der Waals surface area contributed by atoms with E-state index in [4.69, 9.17) is 16.3 Å². The number of rotatable bonds is 5. The van der Waals surface area contributed by atoms with Crippen molar-refractivity contribution < 1.29 is 24.2 Å². The summed E-state index contributed by atoms with van der Waals surface area (Å²) < 4.78 is 5.43. The first-order valence-electron chi connectivity index (χ1n) is 8.99. The highest BCUT2D eigenvalue weighted by molar-refractivity contribution is 6.32. The topological polar surface area (TPSA) is 105 Å². The summed E-state index contributed by atoms with van der Waals surface area (Å²) in [7, 11) is 0. The van der Waals surface area contributed by atoms with Gasteiger partial charge in [0, 0.05) is 5.02 Å². The van der Waals surface area contributed by atoms with Crippen LogP contribution < -0.4 is 15.6 Å². The molecule has 146 valence electrons. The third kappa shape index (κ3) is 4.03. The molecule has 0 heterocycles. The first-order chi connectivity index (χ1) is 12.8. The van der Waals surface area contributed by atoms with E-state index in [9.17, 15) is 19.5 Å². The van der Waals surface area contributed by atoms with E-state index in [2.05, 4.69) is 10.9 Å². The molecule has 7 nitrogen and oxygen atoms in total. The number of aryl methyl sites for hydroxylation is 2. The minimum atomic E-state index is -0.939. The third-order valence-electron chi connectivity index (χ3n) is 5.61. The quantitative estimate of drug-likeness (QED) is 0.664. The van der Waals surface area contributed by atoms with Crippen LogP contribution >= 0.6 is 11.6 Å². The lowest BCUT2D eigenvalue weighted by Crippen LogP contribution is -2.49. The molecule has 2 aliphatic rings. The zero-order valence-corrected chi connectivity index (χ0v) is 16.0. The van der Waals surface area contributed by atoms with Crippen LogP contribution in [0.3, 0.4) is 0 Å². The molecule has 0 saturated heterocycles. The van der Waals surface area contributed by atoms with Crippen LogP contribution in [-0.4, -0.2) is 29.5 Å². The molecule has 3 rings (SSSR count). The highest BCUT2D eigenvalue weighted by Gasteiger charge is 2.54. The maximum absolute atomic E-state index is 12.4. The van der Waals surface area contributed by atoms with Crippen LogP contribution in [0.4, 0.5) is 0 Å². The van der Waals surface area contributed by atoms with Crippen molar-refractivity contribution in [2.45, 2.75) is 33.1 Å². The fourth-order valence-corrected chi connectivity index (χ4v) is 4.52. The molecule has 2 aliphatic carbocycles. The van der Waals surface area contributed by atoms with Gasteiger partial charge in [-0.2, -0.15) is 0 Å². The molecular weight excluding hydrogens is 372 g/mol. The lowest BCUT2D eigenvalue weighted by atomic mass is 9.79. The van der Waals surface area contributed by atoms with Crippen LogP contribution in [0.15, 0.2) is 12.1 Å². The molecule has 0 aromatic heterocycles. The maximum atomic E-state index is 12.4. The second-order valence-electron chi connectivity index (χ2n) is 7.42. The van der Waals surface area contributed by atoms with Crippen molar-refractivity contribution in [1.82, 2.24) is 10.9 Å². The number of amides is 2. The molecule has 2 bridgehead atoms. The van der Waals surface area contributed by atoms with Crippen LogP contribution in [0.2, 0.25) is 5.02 Å². The standard InChI is InChI=1S/C19H23ClN2O5/c1-9-5-13(6-10(2)17(9)20)27-8-14(23)21-22-18(24)15-11-3-4-12(7-11)16(15)19(25)26/h5-6,11-12,15-16H,3-4,7-8H2,1-2H3,(H,21,23)(H,22,24)(H,25,26)/t11-,12+,15-,16+/m1/s1. The highest BCUT2D eigenvalue weighted by atomic mass is 35.5. The van der Waals surface area contributed by atoms with Crippen LogP contribution in [0.5, 0.6) is 5.75 Å². The van der Waals surface area contributed by atoms with Crippen molar-refractivity contribution in [1.29, 1.82) is 0 Å². The number of nitrogens with one attached hydrogen (secondary N) is 2. The number of carbonyl (C=O) groups excluding carboxylic acids is 2. The summed E-state index contributed by atoms with van der Waals surface area (Å²) in [6.07, 6.45) is 2.48. The number of hydrogen-bond acceptors (Lipinski definition) is 4. The largest absolute Gasteiger partial charge is 0.484 e. The zero-order chi connectivity index (χ0) is 19.7. The molecule has 27 heavy (non-hydrogen) atoms. The van der Waals surface area contributed by atoms with Gasteiger partial charge in [-0.15, -0.1) is 0 Å². The van der Waals surface area contributed by atoms with Crippen LogP contribution in [-0.2, 0) is 14.4 Å². The van der Waals surface area contributed by atoms with Gasteiger partial charge >= 0.3 is 5.97 Å². The van der Waals surface area contributed by atoms with Gasteiger partial charge in [-0.3, -0.25) is 25.2 Å². The molecule has 2 fully saturated rings. The predicted octanol–water partition coefficient (Wildman–Crippen LogP) is 2.23. The molecule has 1 aromatic rings. The average molecular weight is 395 g/mol. The van der Waals surface area contributed by atoms with E-state index in [1.807, 2.05) is 13.8 Å². The lowest BCUT2D eigenvalue weighted by Gasteiger charge is -2.26. The number of aliphatic carboxylic acids is 1. The Kier molecular flexibility index (Phi) is 5.60. The Morgan fingerprint density at radius 2 is 1.70 bits per heavy atom. The van der Waals surface area contributed by atoms with Gasteiger partial charge in [0.05, 0.1) is 11.8 Å². The number of halogens is 1. The second kappa shape index (κ2) is 7.76. The number of fused-ring (bicyclic) bond motifs is 2. The van der Waals surface area contributed by atoms with Crippen LogP contribution in [0, 0.1) is 37.5 Å². The van der Waals surface area contributed by atoms with Gasteiger partial charge in [0.25, 0.3) is 5.91 Å². The molecule has 0 aliphatic heterocycles. The second-order valence-corrected chi connectivity index (χ2v) is 7.80. The number of benzene rings is 1. The molecule has 2 saturated carbocycles. The Morgan fingerprint density at radius 3 is 2.30 bits per heavy atom. The van der Waals surface area contributed by atoms with Gasteiger partial charge in [0.1, 0.15) is 5.75 Å². The van der Waals surface area contributed by atoms with E-state index in [1.165, 1.54) is 0 Å². The molecule has 4 atom stereocenters. The summed E-state index contributed by atoms with van der Waals surface area (Å²) >= 11 is 6.10. The van der Waals surface area contributed by atoms with Crippen molar-refractivity contribution >= 4 is 29.4 Å². The number of hydrazine groups is 1. The first kappa shape index (κ1) is 19.5. The fraction of sp³-hybridized carbons (Fsp3) is 0.526. The minimum absolute atomic E-state index is 0.0543. The fourth-order valence-electron chi connectivity index (χ4n) is 4.41. The summed E-state index contributed by atoms with van der Waals surface area (Å²) in [4.78, 5) is 35.9. The number of hydrogen-bond donors (Lipinski definition) is 3. The van der Waals surface area contributed by atoms with Gasteiger partial charge in [0.2, 0.25) is 5.91 Å². The summed E-state index contributed by atoms with van der Waals surface area (Å²) in [5, 5.41) is 10.1.